The van der Waals surface area contributed by atoms with E-state index in [1.807, 2.05) is 48.5 Å². The minimum Gasteiger partial charge on any atom is -0.328 e. The van der Waals surface area contributed by atoms with Crippen molar-refractivity contribution in [3.05, 3.63) is 0 Å². The van der Waals surface area contributed by atoms with Crippen LogP contribution in [0.4, 0.5) is 4.79 Å². The Morgan fingerprint density at radius 2 is 1.56 bits per heavy atom. The zero-order chi connectivity index (χ0) is 14.7. The normalized spacial score (nSPS) is 14.0. The number of nitrogens with one attached hydrogen (secondary N) is 1. The second-order valence-electron chi connectivity index (χ2n) is 6.88. The third kappa shape index (κ3) is 4.67. The number of ketones is 1. The summed E-state index contributed by atoms with van der Waals surface area (Å²) in [6.45, 7) is 14.1. The van der Waals surface area contributed by atoms with Crippen LogP contribution in [0.5, 0.6) is 0 Å². The van der Waals surface area contributed by atoms with Gasteiger partial charge in [0.1, 0.15) is 0 Å². The van der Waals surface area contributed by atoms with E-state index in [2.05, 4.69) is 5.32 Å². The quantitative estimate of drug-likeness (QED) is 0.844. The molecule has 0 aromatic carbocycles. The van der Waals surface area contributed by atoms with Crippen molar-refractivity contribution in [1.82, 2.24) is 10.2 Å². The fourth-order valence-electron chi connectivity index (χ4n) is 1.49. The van der Waals surface area contributed by atoms with E-state index in [4.69, 9.17) is 0 Å². The molecule has 0 rings (SSSR count). The Kier molecular flexibility index (Phi) is 5.38. The Bertz CT molecular complexity index is 311. The molecule has 1 atom stereocenters. The number of rotatable bonds is 3. The molecule has 4 heteroatoms. The molecular formula is C14H28N2O2. The molecule has 0 saturated heterocycles. The van der Waals surface area contributed by atoms with Crippen molar-refractivity contribution in [2.24, 2.45) is 10.8 Å². The molecule has 0 saturated carbocycles. The fourth-order valence-corrected chi connectivity index (χ4v) is 1.49. The van der Waals surface area contributed by atoms with Crippen molar-refractivity contribution in [2.75, 3.05) is 13.6 Å². The van der Waals surface area contributed by atoms with E-state index >= 15 is 0 Å². The highest BCUT2D eigenvalue weighted by molar-refractivity contribution is 5.92. The minimum absolute atomic E-state index is 0.0628. The lowest BCUT2D eigenvalue weighted by Crippen LogP contribution is -2.55. The number of hydrogen-bond donors (Lipinski definition) is 1. The van der Waals surface area contributed by atoms with E-state index in [0.29, 0.717) is 6.54 Å². The number of urea groups is 1. The average Bonchev–Trinajstić information content (AvgIpc) is 2.20. The molecule has 1 N–H and O–H groups in total. The molecule has 1 unspecified atom stereocenters. The van der Waals surface area contributed by atoms with Gasteiger partial charge in [-0.25, -0.2) is 4.79 Å². The number of carbonyl (C=O) groups excluding carboxylic acids is 2. The van der Waals surface area contributed by atoms with Gasteiger partial charge >= 0.3 is 6.03 Å². The molecule has 106 valence electrons. The molecular weight excluding hydrogens is 228 g/mol. The van der Waals surface area contributed by atoms with Crippen LogP contribution in [0.3, 0.4) is 0 Å². The van der Waals surface area contributed by atoms with Crippen LogP contribution in [0.25, 0.3) is 0 Å². The molecule has 18 heavy (non-hydrogen) atoms. The third-order valence-electron chi connectivity index (χ3n) is 2.96. The summed E-state index contributed by atoms with van der Waals surface area (Å²) in [5, 5.41) is 2.85. The van der Waals surface area contributed by atoms with Crippen molar-refractivity contribution < 1.29 is 9.59 Å². The molecule has 0 spiro atoms. The number of Topliss-reactive ketones (excluding diaryl/α,β-unsaturated/α-hetero) is 1. The Balaban J connectivity index is 5.06. The highest BCUT2D eigenvalue weighted by Gasteiger charge is 2.38. The number of nitrogens with zero attached hydrogens (tertiary/aromatic N) is 1. The van der Waals surface area contributed by atoms with Gasteiger partial charge in [0, 0.05) is 19.0 Å². The lowest BCUT2D eigenvalue weighted by atomic mass is 9.76. The van der Waals surface area contributed by atoms with E-state index in [9.17, 15) is 9.59 Å². The standard InChI is InChI=1S/C14H28N2O2/c1-9-16(8)12(18)15-10(13(2,3)4)11(17)14(5,6)7/h10H,9H2,1-8H3,(H,15,18). The predicted octanol–water partition coefficient (Wildman–Crippen LogP) is 2.68. The van der Waals surface area contributed by atoms with Crippen molar-refractivity contribution >= 4 is 11.8 Å². The molecule has 4 nitrogen and oxygen atoms in total. The van der Waals surface area contributed by atoms with E-state index in [-0.39, 0.29) is 17.2 Å². The van der Waals surface area contributed by atoms with Crippen LogP contribution in [0.15, 0.2) is 0 Å². The third-order valence-corrected chi connectivity index (χ3v) is 2.96. The van der Waals surface area contributed by atoms with E-state index in [1.165, 1.54) is 0 Å². The molecule has 0 aliphatic heterocycles. The Hall–Kier alpha value is -1.06. The maximum absolute atomic E-state index is 12.4. The summed E-state index contributed by atoms with van der Waals surface area (Å²) in [6, 6.07) is -0.672. The van der Waals surface area contributed by atoms with E-state index < -0.39 is 11.5 Å². The van der Waals surface area contributed by atoms with Gasteiger partial charge in [-0.15, -0.1) is 0 Å². The van der Waals surface area contributed by atoms with Crippen LogP contribution < -0.4 is 5.32 Å². The lowest BCUT2D eigenvalue weighted by molar-refractivity contribution is -0.130. The first-order chi connectivity index (χ1) is 7.91. The molecule has 0 radical (unpaired) electrons. The average molecular weight is 256 g/mol. The van der Waals surface area contributed by atoms with Gasteiger partial charge < -0.3 is 10.2 Å². The summed E-state index contributed by atoms with van der Waals surface area (Å²) < 4.78 is 0. The molecule has 2 amide bonds. The minimum atomic E-state index is -0.473. The summed E-state index contributed by atoms with van der Waals surface area (Å²) >= 11 is 0. The SMILES string of the molecule is CCN(C)C(=O)NC(C(=O)C(C)(C)C)C(C)(C)C. The van der Waals surface area contributed by atoms with Crippen molar-refractivity contribution in [2.45, 2.75) is 54.5 Å². The summed E-state index contributed by atoms with van der Waals surface area (Å²) in [5.41, 5.74) is -0.759. The molecule has 0 aromatic rings. The van der Waals surface area contributed by atoms with Gasteiger partial charge in [-0.05, 0) is 12.3 Å². The summed E-state index contributed by atoms with van der Waals surface area (Å²) in [6.07, 6.45) is 0. The van der Waals surface area contributed by atoms with Gasteiger partial charge in [0.15, 0.2) is 5.78 Å². The Morgan fingerprint density at radius 3 is 1.83 bits per heavy atom. The van der Waals surface area contributed by atoms with E-state index in [1.54, 1.807) is 11.9 Å². The van der Waals surface area contributed by atoms with Crippen molar-refractivity contribution in [3.63, 3.8) is 0 Å². The van der Waals surface area contributed by atoms with Gasteiger partial charge in [-0.1, -0.05) is 41.5 Å². The number of amides is 2. The van der Waals surface area contributed by atoms with Crippen LogP contribution in [-0.2, 0) is 4.79 Å². The molecule has 0 heterocycles. The summed E-state index contributed by atoms with van der Waals surface area (Å²) in [5.74, 6) is 0.0628. The molecule has 0 aliphatic carbocycles. The zero-order valence-electron chi connectivity index (χ0n) is 13.0. The Labute approximate surface area is 111 Å². The maximum atomic E-state index is 12.4. The van der Waals surface area contributed by atoms with Gasteiger partial charge in [-0.3, -0.25) is 4.79 Å². The second-order valence-corrected chi connectivity index (χ2v) is 6.88. The fraction of sp³-hybridized carbons (Fsp3) is 0.857. The van der Waals surface area contributed by atoms with Crippen molar-refractivity contribution in [3.8, 4) is 0 Å². The first-order valence-corrected chi connectivity index (χ1v) is 6.47. The summed E-state index contributed by atoms with van der Waals surface area (Å²) in [4.78, 5) is 25.9. The molecule has 0 aromatic heterocycles. The maximum Gasteiger partial charge on any atom is 0.317 e. The van der Waals surface area contributed by atoms with Gasteiger partial charge in [0.2, 0.25) is 0 Å². The first kappa shape index (κ1) is 16.9. The monoisotopic (exact) mass is 256 g/mol. The predicted molar refractivity (Wildman–Crippen MR) is 74.5 cm³/mol. The highest BCUT2D eigenvalue weighted by atomic mass is 16.2. The first-order valence-electron chi connectivity index (χ1n) is 6.47. The molecule has 0 aliphatic rings. The van der Waals surface area contributed by atoms with Gasteiger partial charge in [0.25, 0.3) is 0 Å². The molecule has 0 fully saturated rings. The number of hydrogen-bond acceptors (Lipinski definition) is 2. The number of carbonyl (C=O) groups is 2. The topological polar surface area (TPSA) is 49.4 Å². The van der Waals surface area contributed by atoms with Crippen LogP contribution >= 0.6 is 0 Å². The van der Waals surface area contributed by atoms with Crippen LogP contribution in [0, 0.1) is 10.8 Å². The smallest absolute Gasteiger partial charge is 0.317 e. The van der Waals surface area contributed by atoms with Crippen molar-refractivity contribution in [1.29, 1.82) is 0 Å². The summed E-state index contributed by atoms with van der Waals surface area (Å²) in [7, 11) is 1.72. The molecule has 0 bridgehead atoms. The largest absolute Gasteiger partial charge is 0.328 e. The highest BCUT2D eigenvalue weighted by Crippen LogP contribution is 2.27. The second kappa shape index (κ2) is 5.72. The van der Waals surface area contributed by atoms with Crippen LogP contribution in [-0.4, -0.2) is 36.3 Å². The van der Waals surface area contributed by atoms with Crippen LogP contribution in [0.2, 0.25) is 0 Å². The van der Waals surface area contributed by atoms with E-state index in [0.717, 1.165) is 0 Å². The zero-order valence-corrected chi connectivity index (χ0v) is 13.0. The lowest BCUT2D eigenvalue weighted by Gasteiger charge is -2.35. The van der Waals surface area contributed by atoms with Gasteiger partial charge in [-0.2, -0.15) is 0 Å². The Morgan fingerprint density at radius 1 is 1.11 bits per heavy atom. The van der Waals surface area contributed by atoms with Crippen LogP contribution in [0.1, 0.15) is 48.5 Å². The van der Waals surface area contributed by atoms with Gasteiger partial charge in [0.05, 0.1) is 6.04 Å².